The molecule has 17 heavy (non-hydrogen) atoms. The Morgan fingerprint density at radius 1 is 1.76 bits per heavy atom. The average Bonchev–Trinajstić information content (AvgIpc) is 2.74. The lowest BCUT2D eigenvalue weighted by molar-refractivity contribution is -0.124. The summed E-state index contributed by atoms with van der Waals surface area (Å²) in [6.07, 6.45) is 2.23. The molecule has 2 N–H and O–H groups in total. The van der Waals surface area contributed by atoms with Crippen molar-refractivity contribution in [2.75, 3.05) is 19.7 Å². The van der Waals surface area contributed by atoms with Gasteiger partial charge in [0.25, 0.3) is 0 Å². The highest BCUT2D eigenvalue weighted by atomic mass is 32.1. The molecule has 0 aromatic carbocycles. The molecule has 1 aliphatic heterocycles. The van der Waals surface area contributed by atoms with Crippen LogP contribution in [0.15, 0.2) is 6.20 Å². The Bertz CT molecular complexity index is 375. The van der Waals surface area contributed by atoms with Crippen molar-refractivity contribution < 1.29 is 9.53 Å². The van der Waals surface area contributed by atoms with E-state index in [4.69, 9.17) is 4.74 Å². The molecule has 1 aliphatic rings. The van der Waals surface area contributed by atoms with Crippen LogP contribution in [0.4, 0.5) is 0 Å². The van der Waals surface area contributed by atoms with Gasteiger partial charge in [0.05, 0.1) is 30.7 Å². The quantitative estimate of drug-likeness (QED) is 0.820. The van der Waals surface area contributed by atoms with Crippen LogP contribution < -0.4 is 10.6 Å². The number of carbonyl (C=O) groups is 1. The van der Waals surface area contributed by atoms with E-state index in [1.165, 1.54) is 0 Å². The van der Waals surface area contributed by atoms with E-state index >= 15 is 0 Å². The smallest absolute Gasteiger partial charge is 0.222 e. The highest BCUT2D eigenvalue weighted by molar-refractivity contribution is 7.11. The zero-order valence-corrected chi connectivity index (χ0v) is 10.7. The van der Waals surface area contributed by atoms with Crippen LogP contribution in [0.3, 0.4) is 0 Å². The number of rotatable bonds is 4. The Hall–Kier alpha value is -0.980. The lowest BCUT2D eigenvalue weighted by atomic mass is 10.2. The number of morpholine rings is 1. The number of hydrogen-bond acceptors (Lipinski definition) is 5. The van der Waals surface area contributed by atoms with E-state index in [2.05, 4.69) is 15.6 Å². The third kappa shape index (κ3) is 4.07. The molecular weight excluding hydrogens is 238 g/mol. The van der Waals surface area contributed by atoms with Crippen LogP contribution in [0, 0.1) is 6.92 Å². The molecule has 1 saturated heterocycles. The molecule has 1 fully saturated rings. The molecule has 0 saturated carbocycles. The van der Waals surface area contributed by atoms with Crippen LogP contribution >= 0.6 is 11.3 Å². The normalized spacial score (nSPS) is 20.2. The molecule has 0 radical (unpaired) electrons. The Morgan fingerprint density at radius 2 is 2.65 bits per heavy atom. The number of ether oxygens (including phenoxy) is 1. The zero-order chi connectivity index (χ0) is 12.1. The fourth-order valence-corrected chi connectivity index (χ4v) is 2.44. The molecule has 0 aliphatic carbocycles. The Kier molecular flexibility index (Phi) is 4.47. The largest absolute Gasteiger partial charge is 0.375 e. The third-order valence-corrected chi connectivity index (χ3v) is 3.46. The fourth-order valence-electron chi connectivity index (χ4n) is 1.70. The number of amides is 1. The summed E-state index contributed by atoms with van der Waals surface area (Å²) in [6.45, 7) is 4.83. The van der Waals surface area contributed by atoms with Crippen LogP contribution in [-0.2, 0) is 16.1 Å². The number of nitrogens with one attached hydrogen (secondary N) is 2. The van der Waals surface area contributed by atoms with E-state index in [-0.39, 0.29) is 12.0 Å². The van der Waals surface area contributed by atoms with Gasteiger partial charge in [-0.3, -0.25) is 4.79 Å². The monoisotopic (exact) mass is 255 g/mol. The lowest BCUT2D eigenvalue weighted by Gasteiger charge is -2.22. The topological polar surface area (TPSA) is 63.2 Å². The van der Waals surface area contributed by atoms with Gasteiger partial charge in [0.2, 0.25) is 5.91 Å². The van der Waals surface area contributed by atoms with Crippen molar-refractivity contribution in [3.63, 3.8) is 0 Å². The first kappa shape index (κ1) is 12.5. The first-order valence-corrected chi connectivity index (χ1v) is 6.56. The molecule has 0 spiro atoms. The molecule has 94 valence electrons. The summed E-state index contributed by atoms with van der Waals surface area (Å²) in [5, 5.41) is 7.11. The zero-order valence-electron chi connectivity index (χ0n) is 9.86. The lowest BCUT2D eigenvalue weighted by Crippen LogP contribution is -2.41. The van der Waals surface area contributed by atoms with Gasteiger partial charge in [-0.1, -0.05) is 0 Å². The van der Waals surface area contributed by atoms with Crippen molar-refractivity contribution in [2.45, 2.75) is 26.0 Å². The van der Waals surface area contributed by atoms with E-state index in [1.54, 1.807) is 17.5 Å². The summed E-state index contributed by atoms with van der Waals surface area (Å²) in [5.41, 5.74) is 0. The van der Waals surface area contributed by atoms with Gasteiger partial charge in [-0.15, -0.1) is 11.3 Å². The van der Waals surface area contributed by atoms with Gasteiger partial charge < -0.3 is 15.4 Å². The molecule has 1 aromatic rings. The van der Waals surface area contributed by atoms with Gasteiger partial charge in [0, 0.05) is 24.2 Å². The number of carbonyl (C=O) groups excluding carboxylic acids is 1. The Labute approximate surface area is 105 Å². The molecule has 1 atom stereocenters. The molecule has 1 aromatic heterocycles. The van der Waals surface area contributed by atoms with E-state index in [1.807, 2.05) is 6.92 Å². The van der Waals surface area contributed by atoms with Crippen molar-refractivity contribution >= 4 is 17.2 Å². The van der Waals surface area contributed by atoms with Crippen LogP contribution in [-0.4, -0.2) is 36.7 Å². The van der Waals surface area contributed by atoms with Gasteiger partial charge in [0.15, 0.2) is 0 Å². The van der Waals surface area contributed by atoms with Gasteiger partial charge in [0.1, 0.15) is 0 Å². The number of hydrogen-bond donors (Lipinski definition) is 2. The third-order valence-electron chi connectivity index (χ3n) is 2.55. The highest BCUT2D eigenvalue weighted by Gasteiger charge is 2.17. The highest BCUT2D eigenvalue weighted by Crippen LogP contribution is 2.11. The van der Waals surface area contributed by atoms with Crippen molar-refractivity contribution in [1.82, 2.24) is 15.6 Å². The van der Waals surface area contributed by atoms with Crippen LogP contribution in [0.5, 0.6) is 0 Å². The van der Waals surface area contributed by atoms with Gasteiger partial charge >= 0.3 is 0 Å². The second-order valence-electron chi connectivity index (χ2n) is 4.02. The maximum Gasteiger partial charge on any atom is 0.222 e. The first-order chi connectivity index (χ1) is 8.24. The van der Waals surface area contributed by atoms with E-state index in [9.17, 15) is 4.79 Å². The minimum Gasteiger partial charge on any atom is -0.375 e. The van der Waals surface area contributed by atoms with E-state index in [0.717, 1.165) is 23.0 Å². The fraction of sp³-hybridized carbons (Fsp3) is 0.636. The molecule has 2 heterocycles. The Balaban J connectivity index is 1.70. The molecular formula is C11H17N3O2S. The van der Waals surface area contributed by atoms with Gasteiger partial charge in [-0.25, -0.2) is 4.98 Å². The minimum atomic E-state index is 0.00643. The summed E-state index contributed by atoms with van der Waals surface area (Å²) in [5.74, 6) is 0.0322. The van der Waals surface area contributed by atoms with Gasteiger partial charge in [-0.05, 0) is 6.92 Å². The second-order valence-corrected chi connectivity index (χ2v) is 5.34. The van der Waals surface area contributed by atoms with Crippen LogP contribution in [0.25, 0.3) is 0 Å². The van der Waals surface area contributed by atoms with Crippen LogP contribution in [0.2, 0.25) is 0 Å². The average molecular weight is 255 g/mol. The molecule has 6 heteroatoms. The van der Waals surface area contributed by atoms with Crippen molar-refractivity contribution in [3.05, 3.63) is 16.1 Å². The molecule has 2 rings (SSSR count). The van der Waals surface area contributed by atoms with Crippen molar-refractivity contribution in [2.24, 2.45) is 0 Å². The predicted octanol–water partition coefficient (Wildman–Crippen LogP) is 0.446. The van der Waals surface area contributed by atoms with E-state index < -0.39 is 0 Å². The summed E-state index contributed by atoms with van der Waals surface area (Å²) < 4.78 is 5.47. The van der Waals surface area contributed by atoms with Crippen molar-refractivity contribution in [1.29, 1.82) is 0 Å². The molecule has 1 amide bonds. The predicted molar refractivity (Wildman–Crippen MR) is 65.9 cm³/mol. The summed E-state index contributed by atoms with van der Waals surface area (Å²) in [7, 11) is 0. The Morgan fingerprint density at radius 3 is 3.29 bits per heavy atom. The number of thiazole rings is 1. The number of aryl methyl sites for hydroxylation is 1. The summed E-state index contributed by atoms with van der Waals surface area (Å²) in [6, 6.07) is 0. The summed E-state index contributed by atoms with van der Waals surface area (Å²) >= 11 is 1.61. The molecule has 5 nitrogen and oxygen atoms in total. The maximum atomic E-state index is 11.7. The first-order valence-electron chi connectivity index (χ1n) is 5.74. The van der Waals surface area contributed by atoms with E-state index in [0.29, 0.717) is 19.6 Å². The minimum absolute atomic E-state index is 0.00643. The number of aromatic nitrogens is 1. The number of nitrogens with zero attached hydrogens (tertiary/aromatic N) is 1. The molecule has 1 unspecified atom stereocenters. The summed E-state index contributed by atoms with van der Waals surface area (Å²) in [4.78, 5) is 16.9. The van der Waals surface area contributed by atoms with Gasteiger partial charge in [-0.2, -0.15) is 0 Å². The standard InChI is InChI=1S/C11H17N3O2S/c1-8-13-6-10(17-8)7-14-11(15)4-9-5-12-2-3-16-9/h6,9,12H,2-5,7H2,1H3,(H,14,15). The SMILES string of the molecule is Cc1ncc(CNC(=O)CC2CNCCO2)s1. The van der Waals surface area contributed by atoms with Crippen LogP contribution in [0.1, 0.15) is 16.3 Å². The van der Waals surface area contributed by atoms with Crippen molar-refractivity contribution in [3.8, 4) is 0 Å². The maximum absolute atomic E-state index is 11.7. The second kappa shape index (κ2) is 6.09. The molecule has 0 bridgehead atoms.